The Bertz CT molecular complexity index is 672. The zero-order valence-corrected chi connectivity index (χ0v) is 14.0. The van der Waals surface area contributed by atoms with Crippen LogP contribution in [0.4, 0.5) is 0 Å². The summed E-state index contributed by atoms with van der Waals surface area (Å²) in [6.45, 7) is 3.83. The van der Waals surface area contributed by atoms with Crippen LogP contribution in [0, 0.1) is 0 Å². The van der Waals surface area contributed by atoms with Crippen molar-refractivity contribution in [1.82, 2.24) is 14.3 Å². The van der Waals surface area contributed by atoms with Crippen LogP contribution in [0.25, 0.3) is 0 Å². The van der Waals surface area contributed by atoms with E-state index in [1.54, 1.807) is 37.5 Å². The third-order valence-electron chi connectivity index (χ3n) is 3.81. The average Bonchev–Trinajstić information content (AvgIpc) is 2.55. The zero-order valence-electron chi connectivity index (χ0n) is 13.2. The van der Waals surface area contributed by atoms with Crippen molar-refractivity contribution in [1.29, 1.82) is 0 Å². The highest BCUT2D eigenvalue weighted by Gasteiger charge is 2.40. The van der Waals surface area contributed by atoms with Crippen LogP contribution < -0.4 is 14.8 Å². The van der Waals surface area contributed by atoms with E-state index in [0.29, 0.717) is 18.7 Å². The molecule has 1 fully saturated rings. The molecule has 23 heavy (non-hydrogen) atoms. The first-order chi connectivity index (χ1) is 10.9. The maximum absolute atomic E-state index is 12.3. The van der Waals surface area contributed by atoms with E-state index >= 15 is 0 Å². The van der Waals surface area contributed by atoms with Gasteiger partial charge in [0.25, 0.3) is 10.2 Å². The number of methoxy groups -OCH3 is 1. The van der Waals surface area contributed by atoms with Gasteiger partial charge in [-0.3, -0.25) is 4.79 Å². The molecule has 126 valence electrons. The fourth-order valence-corrected chi connectivity index (χ4v) is 3.73. The maximum atomic E-state index is 12.3. The highest BCUT2D eigenvalue weighted by molar-refractivity contribution is 7.87. The molecule has 2 N–H and O–H groups in total. The van der Waals surface area contributed by atoms with Gasteiger partial charge in [0.15, 0.2) is 0 Å². The molecule has 1 saturated heterocycles. The number of hydrogen-bond donors (Lipinski definition) is 2. The van der Waals surface area contributed by atoms with Crippen molar-refractivity contribution < 1.29 is 17.9 Å². The van der Waals surface area contributed by atoms with E-state index in [4.69, 9.17) is 4.74 Å². The number of carbonyl (C=O) groups is 1. The molecule has 1 aromatic rings. The van der Waals surface area contributed by atoms with Crippen LogP contribution in [0.5, 0.6) is 5.75 Å². The summed E-state index contributed by atoms with van der Waals surface area (Å²) in [7, 11) is -0.772. The number of benzene rings is 1. The predicted octanol–water partition coefficient (Wildman–Crippen LogP) is 0.577. The SMILES string of the molecule is C=CCNC(=O)C1CC(c2ccc(OC)cc2)NS(=O)(=O)N1C. The van der Waals surface area contributed by atoms with Gasteiger partial charge in [-0.25, -0.2) is 0 Å². The second-order valence-corrected chi connectivity index (χ2v) is 7.01. The minimum atomic E-state index is -3.73. The summed E-state index contributed by atoms with van der Waals surface area (Å²) in [4.78, 5) is 12.2. The molecular weight excluding hydrogens is 318 g/mol. The first-order valence-electron chi connectivity index (χ1n) is 7.17. The molecule has 2 unspecified atom stereocenters. The predicted molar refractivity (Wildman–Crippen MR) is 87.2 cm³/mol. The highest BCUT2D eigenvalue weighted by Crippen LogP contribution is 2.28. The molecule has 0 aromatic heterocycles. The molecular formula is C15H21N3O4S. The Morgan fingerprint density at radius 2 is 2.13 bits per heavy atom. The van der Waals surface area contributed by atoms with Crippen LogP contribution in [0.2, 0.25) is 0 Å². The summed E-state index contributed by atoms with van der Waals surface area (Å²) >= 11 is 0. The molecule has 1 heterocycles. The van der Waals surface area contributed by atoms with E-state index < -0.39 is 22.3 Å². The van der Waals surface area contributed by atoms with Gasteiger partial charge in [0, 0.05) is 19.6 Å². The molecule has 0 aliphatic carbocycles. The van der Waals surface area contributed by atoms with Crippen molar-refractivity contribution in [2.75, 3.05) is 20.7 Å². The third kappa shape index (κ3) is 3.90. The van der Waals surface area contributed by atoms with Gasteiger partial charge in [0.2, 0.25) is 5.91 Å². The summed E-state index contributed by atoms with van der Waals surface area (Å²) in [5.41, 5.74) is 0.781. The Kier molecular flexibility index (Phi) is 5.40. The summed E-state index contributed by atoms with van der Waals surface area (Å²) in [5.74, 6) is 0.348. The summed E-state index contributed by atoms with van der Waals surface area (Å²) in [6, 6.07) is 5.85. The quantitative estimate of drug-likeness (QED) is 0.768. The van der Waals surface area contributed by atoms with E-state index in [1.807, 2.05) is 0 Å². The fraction of sp³-hybridized carbons (Fsp3) is 0.400. The molecule has 2 rings (SSSR count). The van der Waals surface area contributed by atoms with Crippen LogP contribution in [0.3, 0.4) is 0 Å². The standard InChI is InChI=1S/C15H21N3O4S/c1-4-9-16-15(19)14-10-13(17-23(20,21)18(14)2)11-5-7-12(22-3)8-6-11/h4-8,13-14,17H,1,9-10H2,2-3H3,(H,16,19). The van der Waals surface area contributed by atoms with E-state index in [9.17, 15) is 13.2 Å². The number of nitrogens with one attached hydrogen (secondary N) is 2. The minimum absolute atomic E-state index is 0.295. The van der Waals surface area contributed by atoms with Crippen LogP contribution in [0.1, 0.15) is 18.0 Å². The number of rotatable bonds is 5. The van der Waals surface area contributed by atoms with Crippen molar-refractivity contribution in [3.05, 3.63) is 42.5 Å². The number of hydrogen-bond acceptors (Lipinski definition) is 4. The zero-order chi connectivity index (χ0) is 17.0. The average molecular weight is 339 g/mol. The van der Waals surface area contributed by atoms with E-state index in [-0.39, 0.29) is 5.91 Å². The number of nitrogens with zero attached hydrogens (tertiary/aromatic N) is 1. The minimum Gasteiger partial charge on any atom is -0.497 e. The fourth-order valence-electron chi connectivity index (χ4n) is 2.45. The second-order valence-electron chi connectivity index (χ2n) is 5.25. The van der Waals surface area contributed by atoms with Crippen molar-refractivity contribution in [3.63, 3.8) is 0 Å². The van der Waals surface area contributed by atoms with Gasteiger partial charge in [0.05, 0.1) is 7.11 Å². The lowest BCUT2D eigenvalue weighted by atomic mass is 9.99. The van der Waals surface area contributed by atoms with Gasteiger partial charge >= 0.3 is 0 Å². The molecule has 0 bridgehead atoms. The molecule has 0 radical (unpaired) electrons. The molecule has 8 heteroatoms. The van der Waals surface area contributed by atoms with Crippen molar-refractivity contribution in [2.45, 2.75) is 18.5 Å². The lowest BCUT2D eigenvalue weighted by Crippen LogP contribution is -2.57. The lowest BCUT2D eigenvalue weighted by molar-refractivity contribution is -0.125. The second kappa shape index (κ2) is 7.12. The van der Waals surface area contributed by atoms with Crippen LogP contribution in [-0.4, -0.2) is 45.4 Å². The topological polar surface area (TPSA) is 87.7 Å². The Morgan fingerprint density at radius 3 is 2.70 bits per heavy atom. The number of carbonyl (C=O) groups excluding carboxylic acids is 1. The number of amides is 1. The number of likely N-dealkylation sites (N-methyl/N-ethyl adjacent to an activating group) is 1. The summed E-state index contributed by atoms with van der Waals surface area (Å²) in [6.07, 6.45) is 1.89. The first-order valence-corrected chi connectivity index (χ1v) is 8.61. The smallest absolute Gasteiger partial charge is 0.280 e. The van der Waals surface area contributed by atoms with E-state index in [1.165, 1.54) is 7.05 Å². The number of ether oxygens (including phenoxy) is 1. The lowest BCUT2D eigenvalue weighted by Gasteiger charge is -2.36. The van der Waals surface area contributed by atoms with Crippen molar-refractivity contribution >= 4 is 16.1 Å². The Balaban J connectivity index is 2.24. The van der Waals surface area contributed by atoms with Crippen molar-refractivity contribution in [3.8, 4) is 5.75 Å². The molecule has 7 nitrogen and oxygen atoms in total. The molecule has 1 aromatic carbocycles. The molecule has 0 spiro atoms. The van der Waals surface area contributed by atoms with Crippen molar-refractivity contribution in [2.24, 2.45) is 0 Å². The van der Waals surface area contributed by atoms with Gasteiger partial charge in [-0.15, -0.1) is 6.58 Å². The van der Waals surface area contributed by atoms with Gasteiger partial charge in [0.1, 0.15) is 11.8 Å². The van der Waals surface area contributed by atoms with Crippen LogP contribution in [-0.2, 0) is 15.0 Å². The summed E-state index contributed by atoms with van der Waals surface area (Å²) in [5, 5.41) is 2.65. The normalized spacial score (nSPS) is 23.9. The van der Waals surface area contributed by atoms with Gasteiger partial charge in [-0.05, 0) is 24.1 Å². The third-order valence-corrected chi connectivity index (χ3v) is 5.40. The largest absolute Gasteiger partial charge is 0.497 e. The van der Waals surface area contributed by atoms with E-state index in [0.717, 1.165) is 9.87 Å². The van der Waals surface area contributed by atoms with Gasteiger partial charge in [-0.1, -0.05) is 18.2 Å². The molecule has 1 aliphatic heterocycles. The van der Waals surface area contributed by atoms with Crippen LogP contribution >= 0.6 is 0 Å². The Hall–Kier alpha value is -1.90. The van der Waals surface area contributed by atoms with Gasteiger partial charge in [-0.2, -0.15) is 17.4 Å². The first kappa shape index (κ1) is 17.5. The van der Waals surface area contributed by atoms with E-state index in [2.05, 4.69) is 16.6 Å². The monoisotopic (exact) mass is 339 g/mol. The van der Waals surface area contributed by atoms with Crippen LogP contribution in [0.15, 0.2) is 36.9 Å². The molecule has 0 saturated carbocycles. The Morgan fingerprint density at radius 1 is 1.48 bits per heavy atom. The van der Waals surface area contributed by atoms with Gasteiger partial charge < -0.3 is 10.1 Å². The molecule has 2 atom stereocenters. The molecule has 1 amide bonds. The highest BCUT2D eigenvalue weighted by atomic mass is 32.2. The molecule has 1 aliphatic rings. The summed E-state index contributed by atoms with van der Waals surface area (Å²) < 4.78 is 33.3. The maximum Gasteiger partial charge on any atom is 0.280 e. The Labute approximate surface area is 136 Å².